The van der Waals surface area contributed by atoms with E-state index in [4.69, 9.17) is 0 Å². The molecule has 1 aliphatic heterocycles. The number of nitrogens with one attached hydrogen (secondary N) is 1. The van der Waals surface area contributed by atoms with E-state index in [-0.39, 0.29) is 23.8 Å². The van der Waals surface area contributed by atoms with E-state index in [1.54, 1.807) is 0 Å². The molecule has 2 aromatic rings. The van der Waals surface area contributed by atoms with Crippen molar-refractivity contribution in [2.75, 3.05) is 31.5 Å². The Bertz CT molecular complexity index is 789. The van der Waals surface area contributed by atoms with Gasteiger partial charge in [0.1, 0.15) is 0 Å². The summed E-state index contributed by atoms with van der Waals surface area (Å²) in [5.41, 5.74) is 0.841. The van der Waals surface area contributed by atoms with Gasteiger partial charge in [-0.2, -0.15) is 0 Å². The van der Waals surface area contributed by atoms with E-state index in [1.165, 1.54) is 0 Å². The molecular formula is C21H27N3O2. The van der Waals surface area contributed by atoms with E-state index in [1.807, 2.05) is 68.1 Å². The fraction of sp³-hybridized carbons (Fsp3) is 0.429. The highest BCUT2D eigenvalue weighted by Crippen LogP contribution is 2.23. The third-order valence-electron chi connectivity index (χ3n) is 5.09. The Morgan fingerprint density at radius 3 is 2.27 bits per heavy atom. The first-order valence-electron chi connectivity index (χ1n) is 9.29. The van der Waals surface area contributed by atoms with Crippen molar-refractivity contribution in [3.8, 4) is 0 Å². The lowest BCUT2D eigenvalue weighted by Crippen LogP contribution is -2.54. The highest BCUT2D eigenvalue weighted by molar-refractivity contribution is 6.03. The molecule has 1 fully saturated rings. The van der Waals surface area contributed by atoms with Crippen molar-refractivity contribution in [1.82, 2.24) is 9.80 Å². The van der Waals surface area contributed by atoms with Gasteiger partial charge in [-0.25, -0.2) is 0 Å². The average Bonchev–Trinajstić information content (AvgIpc) is 2.67. The van der Waals surface area contributed by atoms with Gasteiger partial charge in [-0.1, -0.05) is 50.2 Å². The third kappa shape index (κ3) is 3.88. The molecule has 1 heterocycles. The number of rotatable bonds is 4. The summed E-state index contributed by atoms with van der Waals surface area (Å²) >= 11 is 0. The maximum Gasteiger partial charge on any atom is 0.241 e. The quantitative estimate of drug-likeness (QED) is 0.919. The molecule has 0 saturated carbocycles. The predicted octanol–water partition coefficient (Wildman–Crippen LogP) is 2.97. The Hall–Kier alpha value is -2.40. The van der Waals surface area contributed by atoms with Gasteiger partial charge in [0.2, 0.25) is 11.8 Å². The molecule has 3 rings (SSSR count). The van der Waals surface area contributed by atoms with Crippen LogP contribution < -0.4 is 5.32 Å². The Morgan fingerprint density at radius 2 is 1.58 bits per heavy atom. The monoisotopic (exact) mass is 353 g/mol. The molecule has 138 valence electrons. The number of anilines is 1. The highest BCUT2D eigenvalue weighted by atomic mass is 16.2. The fourth-order valence-corrected chi connectivity index (χ4v) is 3.43. The summed E-state index contributed by atoms with van der Waals surface area (Å²) in [7, 11) is 0. The Labute approximate surface area is 155 Å². The Morgan fingerprint density at radius 1 is 0.923 bits per heavy atom. The van der Waals surface area contributed by atoms with Gasteiger partial charge in [0, 0.05) is 43.2 Å². The zero-order valence-corrected chi connectivity index (χ0v) is 15.7. The van der Waals surface area contributed by atoms with Crippen LogP contribution in [-0.2, 0) is 9.59 Å². The number of piperazine rings is 1. The number of fused-ring (bicyclic) bond motifs is 1. The second-order valence-electron chi connectivity index (χ2n) is 7.21. The smallest absolute Gasteiger partial charge is 0.241 e. The van der Waals surface area contributed by atoms with Gasteiger partial charge in [-0.15, -0.1) is 0 Å². The zero-order chi connectivity index (χ0) is 18.7. The molecule has 0 unspecified atom stereocenters. The van der Waals surface area contributed by atoms with Crippen molar-refractivity contribution in [1.29, 1.82) is 0 Å². The fourth-order valence-electron chi connectivity index (χ4n) is 3.43. The lowest BCUT2D eigenvalue weighted by Gasteiger charge is -2.38. The van der Waals surface area contributed by atoms with Crippen molar-refractivity contribution in [2.45, 2.75) is 26.8 Å². The largest absolute Gasteiger partial charge is 0.340 e. The van der Waals surface area contributed by atoms with Gasteiger partial charge in [-0.05, 0) is 18.4 Å². The van der Waals surface area contributed by atoms with Crippen LogP contribution in [0.2, 0.25) is 0 Å². The number of amides is 2. The van der Waals surface area contributed by atoms with Crippen molar-refractivity contribution in [3.63, 3.8) is 0 Å². The van der Waals surface area contributed by atoms with Gasteiger partial charge < -0.3 is 10.2 Å². The number of carbonyl (C=O) groups is 2. The summed E-state index contributed by atoms with van der Waals surface area (Å²) in [6, 6.07) is 13.7. The molecule has 1 aliphatic rings. The van der Waals surface area contributed by atoms with Gasteiger partial charge >= 0.3 is 0 Å². The molecule has 0 radical (unpaired) electrons. The molecule has 1 saturated heterocycles. The summed E-state index contributed by atoms with van der Waals surface area (Å²) in [4.78, 5) is 28.9. The van der Waals surface area contributed by atoms with Gasteiger partial charge in [-0.3, -0.25) is 14.5 Å². The minimum absolute atomic E-state index is 0.00927. The lowest BCUT2D eigenvalue weighted by molar-refractivity contribution is -0.136. The van der Waals surface area contributed by atoms with E-state index < -0.39 is 0 Å². The van der Waals surface area contributed by atoms with Crippen LogP contribution in [-0.4, -0.2) is 53.8 Å². The van der Waals surface area contributed by atoms with Crippen molar-refractivity contribution >= 4 is 28.3 Å². The number of hydrogen-bond acceptors (Lipinski definition) is 3. The van der Waals surface area contributed by atoms with Crippen LogP contribution in [0.4, 0.5) is 5.69 Å². The highest BCUT2D eigenvalue weighted by Gasteiger charge is 2.28. The molecule has 1 atom stereocenters. The molecule has 2 amide bonds. The van der Waals surface area contributed by atoms with Crippen molar-refractivity contribution < 1.29 is 9.59 Å². The second-order valence-corrected chi connectivity index (χ2v) is 7.21. The maximum absolute atomic E-state index is 12.7. The number of hydrogen-bond donors (Lipinski definition) is 1. The Kier molecular flexibility index (Phi) is 5.57. The molecule has 0 spiro atoms. The summed E-state index contributed by atoms with van der Waals surface area (Å²) in [5, 5.41) is 5.23. The minimum Gasteiger partial charge on any atom is -0.340 e. The normalized spacial score (nSPS) is 16.7. The molecule has 5 nitrogen and oxygen atoms in total. The summed E-state index contributed by atoms with van der Waals surface area (Å²) < 4.78 is 0. The molecule has 1 N–H and O–H groups in total. The summed E-state index contributed by atoms with van der Waals surface area (Å²) in [5.74, 6) is 0.205. The molecule has 0 aromatic heterocycles. The van der Waals surface area contributed by atoms with Crippen LogP contribution in [0.1, 0.15) is 20.8 Å². The molecule has 0 bridgehead atoms. The SMILES string of the molecule is CC(C)C(=O)N1CCN([C@@H](C)C(=O)Nc2cccc3ccccc23)CC1. The van der Waals surface area contributed by atoms with E-state index in [9.17, 15) is 9.59 Å². The van der Waals surface area contributed by atoms with Crippen LogP contribution in [0.15, 0.2) is 42.5 Å². The van der Waals surface area contributed by atoms with E-state index in [2.05, 4.69) is 10.2 Å². The Balaban J connectivity index is 1.63. The van der Waals surface area contributed by atoms with Crippen molar-refractivity contribution in [3.05, 3.63) is 42.5 Å². The van der Waals surface area contributed by atoms with Gasteiger partial charge in [0.05, 0.1) is 6.04 Å². The number of nitrogens with zero attached hydrogens (tertiary/aromatic N) is 2. The maximum atomic E-state index is 12.7. The number of carbonyl (C=O) groups excluding carboxylic acids is 2. The average molecular weight is 353 g/mol. The van der Waals surface area contributed by atoms with E-state index >= 15 is 0 Å². The lowest BCUT2D eigenvalue weighted by atomic mass is 10.1. The standard InChI is InChI=1S/C21H27N3O2/c1-15(2)21(26)24-13-11-23(12-14-24)16(3)20(25)22-19-10-6-8-17-7-4-5-9-18(17)19/h4-10,15-16H,11-14H2,1-3H3,(H,22,25)/t16-/m0/s1. The first kappa shape index (κ1) is 18.4. The van der Waals surface area contributed by atoms with Crippen LogP contribution >= 0.6 is 0 Å². The first-order valence-corrected chi connectivity index (χ1v) is 9.29. The molecule has 0 aliphatic carbocycles. The van der Waals surface area contributed by atoms with Gasteiger partial charge in [0.25, 0.3) is 0 Å². The topological polar surface area (TPSA) is 52.7 Å². The molecule has 5 heteroatoms. The molecule has 2 aromatic carbocycles. The van der Waals surface area contributed by atoms with E-state index in [0.717, 1.165) is 29.5 Å². The second kappa shape index (κ2) is 7.87. The van der Waals surface area contributed by atoms with Crippen LogP contribution in [0.3, 0.4) is 0 Å². The summed E-state index contributed by atoms with van der Waals surface area (Å²) in [6.07, 6.45) is 0. The minimum atomic E-state index is -0.231. The van der Waals surface area contributed by atoms with Gasteiger partial charge in [0.15, 0.2) is 0 Å². The van der Waals surface area contributed by atoms with Crippen LogP contribution in [0, 0.1) is 5.92 Å². The summed E-state index contributed by atoms with van der Waals surface area (Å²) in [6.45, 7) is 8.60. The number of benzene rings is 2. The first-order chi connectivity index (χ1) is 12.5. The van der Waals surface area contributed by atoms with Crippen LogP contribution in [0.25, 0.3) is 10.8 Å². The van der Waals surface area contributed by atoms with Crippen molar-refractivity contribution in [2.24, 2.45) is 5.92 Å². The predicted molar refractivity (Wildman–Crippen MR) is 105 cm³/mol. The molecular weight excluding hydrogens is 326 g/mol. The van der Waals surface area contributed by atoms with E-state index in [0.29, 0.717) is 13.1 Å². The third-order valence-corrected chi connectivity index (χ3v) is 5.09. The zero-order valence-electron chi connectivity index (χ0n) is 15.7. The van der Waals surface area contributed by atoms with Crippen LogP contribution in [0.5, 0.6) is 0 Å². The molecule has 26 heavy (non-hydrogen) atoms.